The van der Waals surface area contributed by atoms with Crippen LogP contribution in [0.25, 0.3) is 5.52 Å². The second-order valence-electron chi connectivity index (χ2n) is 7.39. The van der Waals surface area contributed by atoms with Gasteiger partial charge in [-0.1, -0.05) is 17.7 Å². The Labute approximate surface area is 169 Å². The van der Waals surface area contributed by atoms with E-state index in [-0.39, 0.29) is 11.8 Å². The highest BCUT2D eigenvalue weighted by molar-refractivity contribution is 6.29. The van der Waals surface area contributed by atoms with Crippen LogP contribution in [0.5, 0.6) is 0 Å². The zero-order chi connectivity index (χ0) is 19.5. The number of pyridine rings is 1. The number of carbonyl (C=O) groups excluding carboxylic acids is 1. The molecule has 1 saturated carbocycles. The largest absolute Gasteiger partial charge is 0.417 e. The van der Waals surface area contributed by atoms with Crippen molar-refractivity contribution in [3.8, 4) is 0 Å². The maximum atomic E-state index is 13.3. The molecule has 1 fully saturated rings. The quantitative estimate of drug-likeness (QED) is 0.521. The van der Waals surface area contributed by atoms with Crippen molar-refractivity contribution in [1.82, 2.24) is 34.7 Å². The summed E-state index contributed by atoms with van der Waals surface area (Å²) in [7, 11) is 0. The highest BCUT2D eigenvalue weighted by atomic mass is 35.5. The number of fused-ring (bicyclic) bond motifs is 2. The van der Waals surface area contributed by atoms with Gasteiger partial charge in [0.1, 0.15) is 11.2 Å². The Balaban J connectivity index is 1.44. The lowest BCUT2D eigenvalue weighted by Gasteiger charge is -2.32. The lowest BCUT2D eigenvalue weighted by atomic mass is 9.99. The van der Waals surface area contributed by atoms with E-state index in [2.05, 4.69) is 25.3 Å². The standard InChI is InChI=1S/C19H16ClN7O2/c20-14-3-1-2-11-8-13(25-27(11)14)16-15-12(21-9-22-15)6-7-26(16)19(28)18-24-23-17(29-18)10-4-5-10/h1-3,8-10,16H,4-7H2,(H,21,22)/t16-/m1/s1. The van der Waals surface area contributed by atoms with Gasteiger partial charge in [0, 0.05) is 24.6 Å². The van der Waals surface area contributed by atoms with E-state index in [0.29, 0.717) is 35.6 Å². The summed E-state index contributed by atoms with van der Waals surface area (Å²) in [5.74, 6) is 0.533. The van der Waals surface area contributed by atoms with Crippen LogP contribution >= 0.6 is 11.6 Å². The second kappa shape index (κ2) is 6.15. The summed E-state index contributed by atoms with van der Waals surface area (Å²) in [5.41, 5.74) is 3.29. The molecule has 1 aliphatic heterocycles. The molecule has 1 atom stereocenters. The van der Waals surface area contributed by atoms with Crippen LogP contribution < -0.4 is 0 Å². The third-order valence-corrected chi connectivity index (χ3v) is 5.76. The fourth-order valence-electron chi connectivity index (χ4n) is 3.87. The SMILES string of the molecule is O=C(c1nnc(C2CC2)o1)N1CCc2[nH]cnc2[C@H]1c1cc2cccc(Cl)n2n1. The Bertz CT molecular complexity index is 1240. The molecule has 0 aromatic carbocycles. The van der Waals surface area contributed by atoms with Crippen molar-refractivity contribution in [2.75, 3.05) is 6.54 Å². The highest BCUT2D eigenvalue weighted by Crippen LogP contribution is 2.39. The Morgan fingerprint density at radius 2 is 2.17 bits per heavy atom. The molecule has 0 spiro atoms. The van der Waals surface area contributed by atoms with Gasteiger partial charge < -0.3 is 14.3 Å². The van der Waals surface area contributed by atoms with Gasteiger partial charge in [-0.2, -0.15) is 5.10 Å². The van der Waals surface area contributed by atoms with Crippen LogP contribution in [0.1, 0.15) is 58.5 Å². The van der Waals surface area contributed by atoms with Gasteiger partial charge in [0.2, 0.25) is 5.89 Å². The molecule has 0 radical (unpaired) electrons. The first-order valence-electron chi connectivity index (χ1n) is 9.50. The summed E-state index contributed by atoms with van der Waals surface area (Å²) in [6.07, 6.45) is 4.36. The number of amides is 1. The van der Waals surface area contributed by atoms with Gasteiger partial charge in [0.25, 0.3) is 0 Å². The summed E-state index contributed by atoms with van der Waals surface area (Å²) in [5, 5.41) is 13.2. The number of carbonyl (C=O) groups is 1. The molecule has 146 valence electrons. The molecule has 4 aromatic heterocycles. The van der Waals surface area contributed by atoms with Crippen LogP contribution in [-0.4, -0.2) is 47.1 Å². The Morgan fingerprint density at radius 3 is 3.00 bits per heavy atom. The molecule has 0 unspecified atom stereocenters. The third-order valence-electron chi connectivity index (χ3n) is 5.48. The number of rotatable bonds is 3. The summed E-state index contributed by atoms with van der Waals surface area (Å²) in [4.78, 5) is 22.6. The van der Waals surface area contributed by atoms with Crippen LogP contribution in [-0.2, 0) is 6.42 Å². The second-order valence-corrected chi connectivity index (χ2v) is 7.78. The molecule has 0 saturated heterocycles. The fourth-order valence-corrected chi connectivity index (χ4v) is 4.08. The van der Waals surface area contributed by atoms with E-state index >= 15 is 0 Å². The molecule has 1 aliphatic carbocycles. The maximum absolute atomic E-state index is 13.3. The molecule has 4 aromatic rings. The van der Waals surface area contributed by atoms with E-state index in [1.54, 1.807) is 21.8 Å². The minimum atomic E-state index is -0.468. The summed E-state index contributed by atoms with van der Waals surface area (Å²) in [6.45, 7) is 0.488. The molecule has 2 aliphatic rings. The zero-order valence-electron chi connectivity index (χ0n) is 15.2. The van der Waals surface area contributed by atoms with Gasteiger partial charge in [0.15, 0.2) is 0 Å². The average Bonchev–Trinajstić information content (AvgIpc) is 3.13. The van der Waals surface area contributed by atoms with Gasteiger partial charge in [-0.25, -0.2) is 9.50 Å². The normalized spacial score (nSPS) is 18.9. The minimum absolute atomic E-state index is 0.0117. The first-order valence-corrected chi connectivity index (χ1v) is 9.87. The Kier molecular flexibility index (Phi) is 3.55. The van der Waals surface area contributed by atoms with Gasteiger partial charge in [0.05, 0.1) is 23.2 Å². The van der Waals surface area contributed by atoms with E-state index < -0.39 is 6.04 Å². The number of halogens is 1. The van der Waals surface area contributed by atoms with E-state index in [1.807, 2.05) is 18.2 Å². The predicted octanol–water partition coefficient (Wildman–Crippen LogP) is 2.76. The highest BCUT2D eigenvalue weighted by Gasteiger charge is 2.39. The Morgan fingerprint density at radius 1 is 1.28 bits per heavy atom. The van der Waals surface area contributed by atoms with Crippen LogP contribution in [0.15, 0.2) is 35.0 Å². The van der Waals surface area contributed by atoms with Crippen molar-refractivity contribution in [1.29, 1.82) is 0 Å². The molecule has 1 amide bonds. The molecular weight excluding hydrogens is 394 g/mol. The van der Waals surface area contributed by atoms with E-state index in [9.17, 15) is 4.79 Å². The van der Waals surface area contributed by atoms with Crippen LogP contribution in [0, 0.1) is 0 Å². The molecule has 6 rings (SSSR count). The van der Waals surface area contributed by atoms with Crippen molar-refractivity contribution in [3.63, 3.8) is 0 Å². The lowest BCUT2D eigenvalue weighted by molar-refractivity contribution is 0.0644. The summed E-state index contributed by atoms with van der Waals surface area (Å²) < 4.78 is 7.32. The predicted molar refractivity (Wildman–Crippen MR) is 102 cm³/mol. The number of aromatic nitrogens is 6. The maximum Gasteiger partial charge on any atom is 0.312 e. The van der Waals surface area contributed by atoms with E-state index in [1.165, 1.54) is 0 Å². The van der Waals surface area contributed by atoms with Gasteiger partial charge in [-0.05, 0) is 31.0 Å². The summed E-state index contributed by atoms with van der Waals surface area (Å²) in [6, 6.07) is 7.01. The van der Waals surface area contributed by atoms with Crippen molar-refractivity contribution in [2.24, 2.45) is 0 Å². The number of nitrogens with one attached hydrogen (secondary N) is 1. The number of aromatic amines is 1. The van der Waals surface area contributed by atoms with E-state index in [4.69, 9.17) is 16.0 Å². The third kappa shape index (κ3) is 2.65. The number of nitrogens with zero attached hydrogens (tertiary/aromatic N) is 6. The minimum Gasteiger partial charge on any atom is -0.417 e. The first kappa shape index (κ1) is 16.7. The van der Waals surface area contributed by atoms with Crippen molar-refractivity contribution in [2.45, 2.75) is 31.2 Å². The molecular formula is C19H16ClN7O2. The van der Waals surface area contributed by atoms with E-state index in [0.717, 1.165) is 29.7 Å². The number of H-pyrrole nitrogens is 1. The molecule has 0 bridgehead atoms. The molecule has 29 heavy (non-hydrogen) atoms. The fraction of sp³-hybridized carbons (Fsp3) is 0.316. The monoisotopic (exact) mass is 409 g/mol. The number of hydrogen-bond acceptors (Lipinski definition) is 6. The van der Waals surface area contributed by atoms with Crippen molar-refractivity contribution < 1.29 is 9.21 Å². The zero-order valence-corrected chi connectivity index (χ0v) is 16.0. The molecule has 5 heterocycles. The van der Waals surface area contributed by atoms with Gasteiger partial charge >= 0.3 is 11.8 Å². The number of hydrogen-bond donors (Lipinski definition) is 1. The van der Waals surface area contributed by atoms with Crippen LogP contribution in [0.4, 0.5) is 0 Å². The first-order chi connectivity index (χ1) is 14.2. The van der Waals surface area contributed by atoms with Crippen molar-refractivity contribution >= 4 is 23.0 Å². The summed E-state index contributed by atoms with van der Waals surface area (Å²) >= 11 is 6.29. The van der Waals surface area contributed by atoms with Crippen molar-refractivity contribution in [3.05, 3.63) is 64.6 Å². The smallest absolute Gasteiger partial charge is 0.312 e. The topological polar surface area (TPSA) is 105 Å². The number of imidazole rings is 1. The van der Waals surface area contributed by atoms with Crippen LogP contribution in [0.2, 0.25) is 5.15 Å². The van der Waals surface area contributed by atoms with Gasteiger partial charge in [-0.15, -0.1) is 10.2 Å². The van der Waals surface area contributed by atoms with Crippen LogP contribution in [0.3, 0.4) is 0 Å². The lowest BCUT2D eigenvalue weighted by Crippen LogP contribution is -2.41. The molecule has 10 heteroatoms. The van der Waals surface area contributed by atoms with Gasteiger partial charge in [-0.3, -0.25) is 4.79 Å². The molecule has 1 N–H and O–H groups in total. The average molecular weight is 410 g/mol. The molecule has 9 nitrogen and oxygen atoms in total. The Hall–Kier alpha value is -3.20.